The van der Waals surface area contributed by atoms with E-state index < -0.39 is 0 Å². The number of halogens is 1. The number of imide groups is 1. The van der Waals surface area contributed by atoms with Gasteiger partial charge in [-0.15, -0.1) is 0 Å². The third-order valence-corrected chi connectivity index (χ3v) is 6.51. The van der Waals surface area contributed by atoms with Crippen LogP contribution in [0.3, 0.4) is 0 Å². The molecule has 0 saturated carbocycles. The Morgan fingerprint density at radius 3 is 2.50 bits per heavy atom. The second-order valence-electron chi connectivity index (χ2n) is 7.11. The molecule has 0 spiro atoms. The summed E-state index contributed by atoms with van der Waals surface area (Å²) in [6, 6.07) is 11.6. The van der Waals surface area contributed by atoms with E-state index >= 15 is 0 Å². The molecule has 1 atom stereocenters. The first-order valence-electron chi connectivity index (χ1n) is 9.67. The van der Waals surface area contributed by atoms with E-state index in [4.69, 9.17) is 9.47 Å². The molecule has 1 fully saturated rings. The molecule has 0 radical (unpaired) electrons. The van der Waals surface area contributed by atoms with Crippen LogP contribution < -0.4 is 9.47 Å². The van der Waals surface area contributed by atoms with Crippen molar-refractivity contribution in [1.29, 1.82) is 0 Å². The van der Waals surface area contributed by atoms with Crippen molar-refractivity contribution in [3.63, 3.8) is 0 Å². The molecule has 30 heavy (non-hydrogen) atoms. The third kappa shape index (κ3) is 4.90. The van der Waals surface area contributed by atoms with Gasteiger partial charge in [-0.3, -0.25) is 14.5 Å². The highest BCUT2D eigenvalue weighted by Gasteiger charge is 2.37. The van der Waals surface area contributed by atoms with Crippen LogP contribution in [0.15, 0.2) is 45.8 Å². The molecule has 1 saturated heterocycles. The summed E-state index contributed by atoms with van der Waals surface area (Å²) in [6.45, 7) is 6.28. The molecule has 0 aliphatic carbocycles. The SMILES string of the molecule is CC[C@@H](C)N1C(=O)S/C(=C/c2cc(OC)c(OCc3ccc(C)cc3)cc2Br)C1=O. The minimum Gasteiger partial charge on any atom is -0.493 e. The van der Waals surface area contributed by atoms with Crippen molar-refractivity contribution in [2.45, 2.75) is 39.8 Å². The molecular formula is C23H24BrNO4S. The number of nitrogens with zero attached hydrogens (tertiary/aromatic N) is 1. The van der Waals surface area contributed by atoms with E-state index in [0.29, 0.717) is 23.0 Å². The molecule has 0 aromatic heterocycles. The van der Waals surface area contributed by atoms with Gasteiger partial charge in [0, 0.05) is 10.5 Å². The minimum absolute atomic E-state index is 0.126. The van der Waals surface area contributed by atoms with Gasteiger partial charge < -0.3 is 9.47 Å². The zero-order valence-electron chi connectivity index (χ0n) is 17.4. The number of carbonyl (C=O) groups is 2. The topological polar surface area (TPSA) is 55.8 Å². The van der Waals surface area contributed by atoms with Crippen LogP contribution in [0.1, 0.15) is 37.0 Å². The number of carbonyl (C=O) groups excluding carboxylic acids is 2. The van der Waals surface area contributed by atoms with Gasteiger partial charge in [0.05, 0.1) is 12.0 Å². The molecule has 1 aliphatic rings. The van der Waals surface area contributed by atoms with E-state index in [9.17, 15) is 9.59 Å². The van der Waals surface area contributed by atoms with Crippen LogP contribution in [0.5, 0.6) is 11.5 Å². The van der Waals surface area contributed by atoms with Gasteiger partial charge in [0.2, 0.25) is 0 Å². The zero-order valence-corrected chi connectivity index (χ0v) is 19.8. The largest absolute Gasteiger partial charge is 0.493 e. The first kappa shape index (κ1) is 22.4. The number of rotatable bonds is 7. The predicted octanol–water partition coefficient (Wildman–Crippen LogP) is 6.18. The van der Waals surface area contributed by atoms with Gasteiger partial charge in [-0.05, 0) is 61.4 Å². The summed E-state index contributed by atoms with van der Waals surface area (Å²) in [7, 11) is 1.57. The highest BCUT2D eigenvalue weighted by molar-refractivity contribution is 9.10. The van der Waals surface area contributed by atoms with Crippen molar-refractivity contribution in [3.8, 4) is 11.5 Å². The number of amides is 2. The summed E-state index contributed by atoms with van der Waals surface area (Å²) in [4.78, 5) is 26.7. The molecule has 158 valence electrons. The highest BCUT2D eigenvalue weighted by atomic mass is 79.9. The quantitative estimate of drug-likeness (QED) is 0.434. The molecule has 5 nitrogen and oxygen atoms in total. The zero-order chi connectivity index (χ0) is 21.8. The summed E-state index contributed by atoms with van der Waals surface area (Å²) in [5, 5.41) is -0.235. The second-order valence-corrected chi connectivity index (χ2v) is 8.96. The lowest BCUT2D eigenvalue weighted by Gasteiger charge is -2.19. The van der Waals surface area contributed by atoms with E-state index in [1.807, 2.05) is 51.1 Å². The van der Waals surface area contributed by atoms with Gasteiger partial charge >= 0.3 is 0 Å². The fraction of sp³-hybridized carbons (Fsp3) is 0.304. The average Bonchev–Trinajstić information content (AvgIpc) is 3.01. The second kappa shape index (κ2) is 9.71. The maximum atomic E-state index is 12.7. The summed E-state index contributed by atoms with van der Waals surface area (Å²) >= 11 is 4.51. The first-order valence-corrected chi connectivity index (χ1v) is 11.3. The lowest BCUT2D eigenvalue weighted by Crippen LogP contribution is -2.36. The van der Waals surface area contributed by atoms with Gasteiger partial charge in [0.25, 0.3) is 11.1 Å². The first-order chi connectivity index (χ1) is 14.3. The van der Waals surface area contributed by atoms with Crippen LogP contribution >= 0.6 is 27.7 Å². The van der Waals surface area contributed by atoms with E-state index in [1.165, 1.54) is 10.5 Å². The van der Waals surface area contributed by atoms with Crippen molar-refractivity contribution in [1.82, 2.24) is 4.90 Å². The molecule has 1 heterocycles. The number of thioether (sulfide) groups is 1. The van der Waals surface area contributed by atoms with Crippen LogP contribution in [0, 0.1) is 6.92 Å². The lowest BCUT2D eigenvalue weighted by atomic mass is 10.1. The Hall–Kier alpha value is -2.25. The van der Waals surface area contributed by atoms with E-state index in [2.05, 4.69) is 15.9 Å². The maximum Gasteiger partial charge on any atom is 0.293 e. The van der Waals surface area contributed by atoms with Crippen molar-refractivity contribution in [2.75, 3.05) is 7.11 Å². The molecule has 0 bridgehead atoms. The summed E-state index contributed by atoms with van der Waals surface area (Å²) < 4.78 is 12.2. The molecule has 2 aromatic rings. The van der Waals surface area contributed by atoms with E-state index in [-0.39, 0.29) is 17.2 Å². The van der Waals surface area contributed by atoms with Gasteiger partial charge in [-0.2, -0.15) is 0 Å². The number of ether oxygens (including phenoxy) is 2. The number of hydrogen-bond acceptors (Lipinski definition) is 5. The number of benzene rings is 2. The predicted molar refractivity (Wildman–Crippen MR) is 124 cm³/mol. The lowest BCUT2D eigenvalue weighted by molar-refractivity contribution is -0.124. The van der Waals surface area contributed by atoms with E-state index in [0.717, 1.165) is 33.8 Å². The van der Waals surface area contributed by atoms with Crippen molar-refractivity contribution in [2.24, 2.45) is 0 Å². The van der Waals surface area contributed by atoms with Crippen LogP contribution in [-0.4, -0.2) is 29.2 Å². The fourth-order valence-electron chi connectivity index (χ4n) is 2.96. The van der Waals surface area contributed by atoms with Crippen LogP contribution in [-0.2, 0) is 11.4 Å². The highest BCUT2D eigenvalue weighted by Crippen LogP contribution is 2.39. The molecule has 7 heteroatoms. The van der Waals surface area contributed by atoms with Gasteiger partial charge in [0.1, 0.15) is 6.61 Å². The number of hydrogen-bond donors (Lipinski definition) is 0. The summed E-state index contributed by atoms with van der Waals surface area (Å²) in [5.41, 5.74) is 2.99. The van der Waals surface area contributed by atoms with Crippen LogP contribution in [0.2, 0.25) is 0 Å². The fourth-order valence-corrected chi connectivity index (χ4v) is 4.32. The van der Waals surface area contributed by atoms with Gasteiger partial charge in [0.15, 0.2) is 11.5 Å². The van der Waals surface area contributed by atoms with Crippen molar-refractivity contribution < 1.29 is 19.1 Å². The Morgan fingerprint density at radius 1 is 1.17 bits per heavy atom. The third-order valence-electron chi connectivity index (χ3n) is 4.94. The number of aryl methyl sites for hydroxylation is 1. The number of methoxy groups -OCH3 is 1. The van der Waals surface area contributed by atoms with Crippen molar-refractivity contribution >= 4 is 44.9 Å². The van der Waals surface area contributed by atoms with E-state index in [1.54, 1.807) is 19.3 Å². The monoisotopic (exact) mass is 489 g/mol. The van der Waals surface area contributed by atoms with Gasteiger partial charge in [-0.25, -0.2) is 0 Å². The normalized spacial score (nSPS) is 16.3. The Bertz CT molecular complexity index is 987. The van der Waals surface area contributed by atoms with Crippen molar-refractivity contribution in [3.05, 3.63) is 62.5 Å². The standard InChI is InChI=1S/C23H24BrNO4S/c1-5-15(3)25-22(26)21(30-23(25)27)11-17-10-19(28-4)20(12-18(17)24)29-13-16-8-6-14(2)7-9-16/h6-12,15H,5,13H2,1-4H3/b21-11+/t15-/m1/s1. The van der Waals surface area contributed by atoms with Crippen LogP contribution in [0.25, 0.3) is 6.08 Å². The molecule has 2 aromatic carbocycles. The Morgan fingerprint density at radius 2 is 1.87 bits per heavy atom. The minimum atomic E-state index is -0.259. The molecule has 2 amide bonds. The van der Waals surface area contributed by atoms with Gasteiger partial charge in [-0.1, -0.05) is 52.7 Å². The average molecular weight is 490 g/mol. The molecule has 1 aliphatic heterocycles. The molecule has 0 unspecified atom stereocenters. The molecular weight excluding hydrogens is 466 g/mol. The van der Waals surface area contributed by atoms with Crippen LogP contribution in [0.4, 0.5) is 4.79 Å². The Balaban J connectivity index is 1.83. The maximum absolute atomic E-state index is 12.7. The Labute approximate surface area is 189 Å². The molecule has 0 N–H and O–H groups in total. The summed E-state index contributed by atoms with van der Waals surface area (Å²) in [5.74, 6) is 0.887. The molecule has 3 rings (SSSR count). The summed E-state index contributed by atoms with van der Waals surface area (Å²) in [6.07, 6.45) is 2.43. The Kier molecular flexibility index (Phi) is 7.26. The smallest absolute Gasteiger partial charge is 0.293 e.